The van der Waals surface area contributed by atoms with E-state index in [9.17, 15) is 0 Å². The zero-order valence-electron chi connectivity index (χ0n) is 17.0. The van der Waals surface area contributed by atoms with Gasteiger partial charge in [0.1, 0.15) is 11.6 Å². The molecule has 0 amide bonds. The first-order valence-corrected chi connectivity index (χ1v) is 9.60. The molecule has 2 aromatic heterocycles. The molecular formula is C22H28N6. The lowest BCUT2D eigenvalue weighted by molar-refractivity contribution is 0.811. The van der Waals surface area contributed by atoms with Crippen LogP contribution < -0.4 is 10.6 Å². The molecule has 0 saturated heterocycles. The van der Waals surface area contributed by atoms with Crippen molar-refractivity contribution in [2.24, 2.45) is 4.99 Å². The number of guanidine groups is 1. The van der Waals surface area contributed by atoms with Gasteiger partial charge in [0.25, 0.3) is 0 Å². The molecule has 3 rings (SSSR count). The predicted octanol–water partition coefficient (Wildman–Crippen LogP) is 3.45. The Morgan fingerprint density at radius 3 is 2.57 bits per heavy atom. The zero-order valence-corrected chi connectivity index (χ0v) is 17.0. The van der Waals surface area contributed by atoms with Gasteiger partial charge in [-0.3, -0.25) is 4.57 Å². The maximum Gasteiger partial charge on any atom is 0.191 e. The molecule has 0 aliphatic heterocycles. The summed E-state index contributed by atoms with van der Waals surface area (Å²) in [5.41, 5.74) is 4.91. The van der Waals surface area contributed by atoms with Crippen LogP contribution in [-0.4, -0.2) is 27.0 Å². The van der Waals surface area contributed by atoms with Crippen molar-refractivity contribution in [1.82, 2.24) is 25.2 Å². The topological polar surface area (TPSA) is 67.1 Å². The molecule has 6 heteroatoms. The zero-order chi connectivity index (χ0) is 19.9. The smallest absolute Gasteiger partial charge is 0.191 e. The van der Waals surface area contributed by atoms with Crippen molar-refractivity contribution >= 4 is 5.96 Å². The van der Waals surface area contributed by atoms with Crippen LogP contribution in [0.25, 0.3) is 5.82 Å². The van der Waals surface area contributed by atoms with Gasteiger partial charge in [-0.2, -0.15) is 0 Å². The Hall–Kier alpha value is -3.15. The number of aryl methyl sites for hydroxylation is 3. The van der Waals surface area contributed by atoms with Crippen LogP contribution in [0.3, 0.4) is 0 Å². The van der Waals surface area contributed by atoms with Gasteiger partial charge in [-0.15, -0.1) is 0 Å². The van der Waals surface area contributed by atoms with Gasteiger partial charge in [0, 0.05) is 31.7 Å². The minimum Gasteiger partial charge on any atom is -0.357 e. The summed E-state index contributed by atoms with van der Waals surface area (Å²) in [5.74, 6) is 2.59. The molecule has 2 heterocycles. The molecule has 0 spiro atoms. The number of aromatic nitrogens is 3. The summed E-state index contributed by atoms with van der Waals surface area (Å²) >= 11 is 0. The van der Waals surface area contributed by atoms with Gasteiger partial charge in [-0.1, -0.05) is 29.8 Å². The number of hydrogen-bond acceptors (Lipinski definition) is 3. The Kier molecular flexibility index (Phi) is 6.42. The summed E-state index contributed by atoms with van der Waals surface area (Å²) in [5, 5.41) is 6.72. The van der Waals surface area contributed by atoms with Crippen LogP contribution >= 0.6 is 0 Å². The largest absolute Gasteiger partial charge is 0.357 e. The van der Waals surface area contributed by atoms with Crippen LogP contribution in [0.5, 0.6) is 0 Å². The third-order valence-corrected chi connectivity index (χ3v) is 4.59. The molecule has 1 aromatic carbocycles. The van der Waals surface area contributed by atoms with Gasteiger partial charge in [0.15, 0.2) is 5.96 Å². The Balaban J connectivity index is 1.64. The fraction of sp³-hybridized carbons (Fsp3) is 0.318. The highest BCUT2D eigenvalue weighted by Crippen LogP contribution is 2.11. The van der Waals surface area contributed by atoms with Crippen molar-refractivity contribution in [3.05, 3.63) is 77.0 Å². The second kappa shape index (κ2) is 9.17. The second-order valence-corrected chi connectivity index (χ2v) is 6.85. The summed E-state index contributed by atoms with van der Waals surface area (Å²) < 4.78 is 1.96. The monoisotopic (exact) mass is 376 g/mol. The average Bonchev–Trinajstić information content (AvgIpc) is 3.11. The fourth-order valence-electron chi connectivity index (χ4n) is 3.01. The molecule has 0 atom stereocenters. The lowest BCUT2D eigenvalue weighted by Crippen LogP contribution is -2.36. The third kappa shape index (κ3) is 4.97. The Labute approximate surface area is 166 Å². The molecule has 28 heavy (non-hydrogen) atoms. The van der Waals surface area contributed by atoms with Crippen molar-refractivity contribution in [1.29, 1.82) is 0 Å². The van der Waals surface area contributed by atoms with Crippen LogP contribution in [0.1, 0.15) is 35.0 Å². The van der Waals surface area contributed by atoms with E-state index in [1.165, 1.54) is 16.7 Å². The van der Waals surface area contributed by atoms with Crippen LogP contribution in [0.4, 0.5) is 0 Å². The van der Waals surface area contributed by atoms with E-state index in [2.05, 4.69) is 65.6 Å². The fourth-order valence-corrected chi connectivity index (χ4v) is 3.01. The molecule has 3 aromatic rings. The number of nitrogens with one attached hydrogen (secondary N) is 2. The first-order valence-electron chi connectivity index (χ1n) is 9.60. The number of hydrogen-bond donors (Lipinski definition) is 2. The van der Waals surface area contributed by atoms with Gasteiger partial charge < -0.3 is 10.6 Å². The van der Waals surface area contributed by atoms with Crippen LogP contribution in [-0.2, 0) is 13.1 Å². The predicted molar refractivity (Wildman–Crippen MR) is 114 cm³/mol. The van der Waals surface area contributed by atoms with Crippen molar-refractivity contribution in [3.63, 3.8) is 0 Å². The Morgan fingerprint density at radius 1 is 1.07 bits per heavy atom. The van der Waals surface area contributed by atoms with E-state index in [0.717, 1.165) is 36.3 Å². The van der Waals surface area contributed by atoms with Crippen molar-refractivity contribution < 1.29 is 0 Å². The van der Waals surface area contributed by atoms with Crippen LogP contribution in [0.2, 0.25) is 0 Å². The van der Waals surface area contributed by atoms with Crippen LogP contribution in [0.15, 0.2) is 53.9 Å². The molecule has 0 bridgehead atoms. The summed E-state index contributed by atoms with van der Waals surface area (Å²) in [6.45, 7) is 10.4. The first-order chi connectivity index (χ1) is 13.6. The first kappa shape index (κ1) is 19.6. The van der Waals surface area contributed by atoms with Crippen molar-refractivity contribution in [3.8, 4) is 5.82 Å². The third-order valence-electron chi connectivity index (χ3n) is 4.59. The van der Waals surface area contributed by atoms with E-state index in [4.69, 9.17) is 4.99 Å². The highest BCUT2D eigenvalue weighted by atomic mass is 15.2. The number of imidazole rings is 1. The number of pyridine rings is 1. The average molecular weight is 377 g/mol. The number of nitrogens with zero attached hydrogens (tertiary/aromatic N) is 4. The maximum atomic E-state index is 4.69. The normalized spacial score (nSPS) is 11.5. The van der Waals surface area contributed by atoms with E-state index in [1.807, 2.05) is 30.0 Å². The van der Waals surface area contributed by atoms with Gasteiger partial charge in [-0.25, -0.2) is 15.0 Å². The van der Waals surface area contributed by atoms with Gasteiger partial charge in [0.2, 0.25) is 0 Å². The lowest BCUT2D eigenvalue weighted by Gasteiger charge is -2.13. The van der Waals surface area contributed by atoms with E-state index in [1.54, 1.807) is 6.20 Å². The molecule has 146 valence electrons. The number of rotatable bonds is 6. The molecule has 0 radical (unpaired) electrons. The molecule has 0 aliphatic carbocycles. The second-order valence-electron chi connectivity index (χ2n) is 6.85. The van der Waals surface area contributed by atoms with Crippen molar-refractivity contribution in [2.45, 2.75) is 40.8 Å². The number of benzene rings is 1. The van der Waals surface area contributed by atoms with Crippen molar-refractivity contribution in [2.75, 3.05) is 6.54 Å². The summed E-state index contributed by atoms with van der Waals surface area (Å²) in [6.07, 6.45) is 5.56. The van der Waals surface area contributed by atoms with Gasteiger partial charge >= 0.3 is 0 Å². The number of aliphatic imine (C=N–C) groups is 1. The minimum atomic E-state index is 0.568. The lowest BCUT2D eigenvalue weighted by atomic mass is 10.1. The standard InChI is InChI=1S/C22H28N6/c1-5-23-22(27-15-20-8-6-16(2)12-17(20)3)26-14-19-7-9-21(25-13-19)28-11-10-24-18(28)4/h6-13H,5,14-15H2,1-4H3,(H2,23,26,27). The molecule has 0 unspecified atom stereocenters. The molecule has 0 fully saturated rings. The molecular weight excluding hydrogens is 348 g/mol. The minimum absolute atomic E-state index is 0.568. The maximum absolute atomic E-state index is 4.69. The van der Waals surface area contributed by atoms with Crippen LogP contribution in [0, 0.1) is 20.8 Å². The molecule has 2 N–H and O–H groups in total. The highest BCUT2D eigenvalue weighted by Gasteiger charge is 2.04. The van der Waals surface area contributed by atoms with E-state index in [-0.39, 0.29) is 0 Å². The van der Waals surface area contributed by atoms with E-state index >= 15 is 0 Å². The van der Waals surface area contributed by atoms with E-state index in [0.29, 0.717) is 6.54 Å². The summed E-state index contributed by atoms with van der Waals surface area (Å²) in [7, 11) is 0. The Bertz CT molecular complexity index is 940. The molecule has 6 nitrogen and oxygen atoms in total. The molecule has 0 aliphatic rings. The summed E-state index contributed by atoms with van der Waals surface area (Å²) in [6, 6.07) is 10.6. The van der Waals surface area contributed by atoms with Gasteiger partial charge in [-0.05, 0) is 50.5 Å². The van der Waals surface area contributed by atoms with E-state index < -0.39 is 0 Å². The quantitative estimate of drug-likeness (QED) is 0.511. The SMILES string of the molecule is CCNC(=NCc1ccc(-n2ccnc2C)nc1)NCc1ccc(C)cc1C. The van der Waals surface area contributed by atoms with Gasteiger partial charge in [0.05, 0.1) is 6.54 Å². The Morgan fingerprint density at radius 2 is 1.93 bits per heavy atom. The summed E-state index contributed by atoms with van der Waals surface area (Å²) in [4.78, 5) is 13.5. The molecule has 0 saturated carbocycles. The highest BCUT2D eigenvalue weighted by molar-refractivity contribution is 5.79.